The molecule has 1 aliphatic rings. The fraction of sp³-hybridized carbons (Fsp3) is 0.800. The second-order valence-electron chi connectivity index (χ2n) is 3.59. The lowest BCUT2D eigenvalue weighted by Gasteiger charge is -2.21. The summed E-state index contributed by atoms with van der Waals surface area (Å²) >= 11 is 5.67. The van der Waals surface area contributed by atoms with Gasteiger partial charge in [0.2, 0.25) is 0 Å². The highest BCUT2D eigenvalue weighted by Crippen LogP contribution is 2.28. The summed E-state index contributed by atoms with van der Waals surface area (Å²) in [5.41, 5.74) is 1.22. The largest absolute Gasteiger partial charge is 0.122 e. The van der Waals surface area contributed by atoms with Crippen molar-refractivity contribution in [2.75, 3.05) is 5.88 Å². The maximum absolute atomic E-state index is 5.67. The predicted octanol–water partition coefficient (Wildman–Crippen LogP) is 3.75. The Morgan fingerprint density at radius 2 is 1.91 bits per heavy atom. The molecule has 0 unspecified atom stereocenters. The highest BCUT2D eigenvalue weighted by Gasteiger charge is 2.13. The van der Waals surface area contributed by atoms with E-state index in [2.05, 4.69) is 6.58 Å². The van der Waals surface area contributed by atoms with Crippen LogP contribution in [-0.4, -0.2) is 5.88 Å². The molecular formula is C10H17Cl. The summed E-state index contributed by atoms with van der Waals surface area (Å²) in [7, 11) is 0. The molecule has 0 aliphatic heterocycles. The second kappa shape index (κ2) is 4.82. The van der Waals surface area contributed by atoms with Gasteiger partial charge in [0.15, 0.2) is 0 Å². The molecule has 0 N–H and O–H groups in total. The van der Waals surface area contributed by atoms with Crippen molar-refractivity contribution >= 4 is 11.6 Å². The zero-order chi connectivity index (χ0) is 8.10. The Bertz CT molecular complexity index is 123. The molecule has 0 aromatic heterocycles. The Morgan fingerprint density at radius 3 is 2.45 bits per heavy atom. The quantitative estimate of drug-likeness (QED) is 0.449. The number of allylic oxidation sites excluding steroid dienone is 1. The van der Waals surface area contributed by atoms with Crippen LogP contribution >= 0.6 is 11.6 Å². The number of alkyl halides is 1. The summed E-state index contributed by atoms with van der Waals surface area (Å²) in [4.78, 5) is 0. The van der Waals surface area contributed by atoms with E-state index in [4.69, 9.17) is 11.6 Å². The van der Waals surface area contributed by atoms with Crippen molar-refractivity contribution in [1.82, 2.24) is 0 Å². The molecule has 1 saturated carbocycles. The predicted molar refractivity (Wildman–Crippen MR) is 51.1 cm³/mol. The standard InChI is InChI=1S/C10H17Cl/c1-9(8-11)7-10-5-3-2-4-6-10/h10H,1-8H2. The first-order chi connectivity index (χ1) is 5.33. The molecule has 64 valence electrons. The van der Waals surface area contributed by atoms with Crippen molar-refractivity contribution in [2.24, 2.45) is 5.92 Å². The lowest BCUT2D eigenvalue weighted by Crippen LogP contribution is -2.07. The number of hydrogen-bond acceptors (Lipinski definition) is 0. The summed E-state index contributed by atoms with van der Waals surface area (Å²) in [5, 5.41) is 0. The highest BCUT2D eigenvalue weighted by molar-refractivity contribution is 6.19. The van der Waals surface area contributed by atoms with Crippen molar-refractivity contribution in [3.8, 4) is 0 Å². The Morgan fingerprint density at radius 1 is 1.27 bits per heavy atom. The van der Waals surface area contributed by atoms with Crippen LogP contribution in [0.15, 0.2) is 12.2 Å². The molecule has 0 atom stereocenters. The Balaban J connectivity index is 2.19. The average Bonchev–Trinajstić information content (AvgIpc) is 2.06. The first kappa shape index (κ1) is 9.12. The monoisotopic (exact) mass is 172 g/mol. The van der Waals surface area contributed by atoms with Gasteiger partial charge in [-0.25, -0.2) is 0 Å². The van der Waals surface area contributed by atoms with Crippen LogP contribution in [0.4, 0.5) is 0 Å². The first-order valence-corrected chi connectivity index (χ1v) is 5.09. The minimum Gasteiger partial charge on any atom is -0.122 e. The molecule has 11 heavy (non-hydrogen) atoms. The minimum absolute atomic E-state index is 0.649. The van der Waals surface area contributed by atoms with Gasteiger partial charge >= 0.3 is 0 Å². The van der Waals surface area contributed by atoms with Crippen molar-refractivity contribution in [3.05, 3.63) is 12.2 Å². The number of rotatable bonds is 3. The van der Waals surface area contributed by atoms with E-state index in [9.17, 15) is 0 Å². The molecule has 1 aliphatic carbocycles. The molecule has 1 heteroatoms. The number of hydrogen-bond donors (Lipinski definition) is 0. The third-order valence-corrected chi connectivity index (χ3v) is 2.87. The van der Waals surface area contributed by atoms with Gasteiger partial charge in [-0.05, 0) is 12.3 Å². The average molecular weight is 173 g/mol. The van der Waals surface area contributed by atoms with Gasteiger partial charge in [0.1, 0.15) is 0 Å². The summed E-state index contributed by atoms with van der Waals surface area (Å²) in [6.07, 6.45) is 8.24. The van der Waals surface area contributed by atoms with Gasteiger partial charge in [0, 0.05) is 5.88 Å². The molecule has 0 aromatic rings. The van der Waals surface area contributed by atoms with E-state index in [-0.39, 0.29) is 0 Å². The molecule has 0 amide bonds. The van der Waals surface area contributed by atoms with E-state index in [1.165, 1.54) is 44.1 Å². The fourth-order valence-electron chi connectivity index (χ4n) is 1.85. The third-order valence-electron chi connectivity index (χ3n) is 2.49. The summed E-state index contributed by atoms with van der Waals surface area (Å²) < 4.78 is 0. The molecular weight excluding hydrogens is 156 g/mol. The van der Waals surface area contributed by atoms with Gasteiger partial charge in [-0.1, -0.05) is 44.3 Å². The molecule has 1 fully saturated rings. The Hall–Kier alpha value is 0.0300. The van der Waals surface area contributed by atoms with E-state index >= 15 is 0 Å². The smallest absolute Gasteiger partial charge is 0.0431 e. The maximum Gasteiger partial charge on any atom is 0.0431 e. The van der Waals surface area contributed by atoms with Gasteiger partial charge in [0.25, 0.3) is 0 Å². The zero-order valence-electron chi connectivity index (χ0n) is 7.11. The fourth-order valence-corrected chi connectivity index (χ4v) is 1.96. The second-order valence-corrected chi connectivity index (χ2v) is 3.86. The molecule has 1 rings (SSSR count). The van der Waals surface area contributed by atoms with Gasteiger partial charge in [-0.3, -0.25) is 0 Å². The van der Waals surface area contributed by atoms with Gasteiger partial charge in [0.05, 0.1) is 0 Å². The van der Waals surface area contributed by atoms with E-state index in [1.54, 1.807) is 0 Å². The van der Waals surface area contributed by atoms with Crippen molar-refractivity contribution in [3.63, 3.8) is 0 Å². The van der Waals surface area contributed by atoms with Gasteiger partial charge in [-0.15, -0.1) is 11.6 Å². The van der Waals surface area contributed by atoms with Crippen LogP contribution in [0.2, 0.25) is 0 Å². The zero-order valence-corrected chi connectivity index (χ0v) is 7.87. The summed E-state index contributed by atoms with van der Waals surface area (Å²) in [6.45, 7) is 3.94. The molecule has 0 heterocycles. The third kappa shape index (κ3) is 3.29. The summed E-state index contributed by atoms with van der Waals surface area (Å²) in [5.74, 6) is 1.55. The summed E-state index contributed by atoms with van der Waals surface area (Å²) in [6, 6.07) is 0. The van der Waals surface area contributed by atoms with Crippen molar-refractivity contribution in [2.45, 2.75) is 38.5 Å². The van der Waals surface area contributed by atoms with Crippen LogP contribution in [-0.2, 0) is 0 Å². The normalized spacial score (nSPS) is 20.1. The van der Waals surface area contributed by atoms with Crippen molar-refractivity contribution < 1.29 is 0 Å². The van der Waals surface area contributed by atoms with Crippen molar-refractivity contribution in [1.29, 1.82) is 0 Å². The molecule has 0 radical (unpaired) electrons. The Labute approximate surface area is 74.6 Å². The highest BCUT2D eigenvalue weighted by atomic mass is 35.5. The van der Waals surface area contributed by atoms with Crippen LogP contribution in [0.5, 0.6) is 0 Å². The molecule has 0 spiro atoms. The van der Waals surface area contributed by atoms with Crippen LogP contribution < -0.4 is 0 Å². The molecule has 0 aromatic carbocycles. The lowest BCUT2D eigenvalue weighted by molar-refractivity contribution is 0.356. The number of halogens is 1. The van der Waals surface area contributed by atoms with Gasteiger partial charge < -0.3 is 0 Å². The maximum atomic E-state index is 5.67. The SMILES string of the molecule is C=C(CCl)CC1CCCCC1. The van der Waals surface area contributed by atoms with E-state index in [0.29, 0.717) is 5.88 Å². The van der Waals surface area contributed by atoms with Crippen LogP contribution in [0.1, 0.15) is 38.5 Å². The van der Waals surface area contributed by atoms with E-state index in [0.717, 1.165) is 5.92 Å². The lowest BCUT2D eigenvalue weighted by atomic mass is 9.85. The molecule has 0 bridgehead atoms. The molecule has 0 saturated heterocycles. The van der Waals surface area contributed by atoms with E-state index < -0.39 is 0 Å². The van der Waals surface area contributed by atoms with Crippen LogP contribution in [0, 0.1) is 5.92 Å². The van der Waals surface area contributed by atoms with Gasteiger partial charge in [-0.2, -0.15) is 0 Å². The topological polar surface area (TPSA) is 0 Å². The van der Waals surface area contributed by atoms with Crippen LogP contribution in [0.25, 0.3) is 0 Å². The van der Waals surface area contributed by atoms with Crippen LogP contribution in [0.3, 0.4) is 0 Å². The first-order valence-electron chi connectivity index (χ1n) is 4.55. The Kier molecular flexibility index (Phi) is 3.99. The molecule has 0 nitrogen and oxygen atoms in total. The van der Waals surface area contributed by atoms with E-state index in [1.807, 2.05) is 0 Å². The minimum atomic E-state index is 0.649.